The summed E-state index contributed by atoms with van der Waals surface area (Å²) in [7, 11) is -6.33. The van der Waals surface area contributed by atoms with Crippen molar-refractivity contribution in [2.45, 2.75) is 31.0 Å². The highest BCUT2D eigenvalue weighted by molar-refractivity contribution is 8.02. The Morgan fingerprint density at radius 1 is 0.773 bits per heavy atom. The zero-order valence-corrected chi connectivity index (χ0v) is 36.1. The van der Waals surface area contributed by atoms with Crippen molar-refractivity contribution in [3.8, 4) is 11.5 Å². The van der Waals surface area contributed by atoms with E-state index >= 15 is 0 Å². The number of halogens is 10. The summed E-state index contributed by atoms with van der Waals surface area (Å²) in [5.74, 6) is -4.88. The Labute approximate surface area is 370 Å². The van der Waals surface area contributed by atoms with Crippen molar-refractivity contribution in [2.75, 3.05) is 69.5 Å². The molecule has 15 nitrogen and oxygen atoms in total. The van der Waals surface area contributed by atoms with E-state index in [2.05, 4.69) is 14.7 Å². The van der Waals surface area contributed by atoms with Gasteiger partial charge in [0, 0.05) is 32.2 Å². The third-order valence-corrected chi connectivity index (χ3v) is 12.3. The van der Waals surface area contributed by atoms with Gasteiger partial charge in [0.1, 0.15) is 46.4 Å². The number of aliphatic hydroxyl groups is 1. The van der Waals surface area contributed by atoms with Crippen LogP contribution in [-0.4, -0.2) is 112 Å². The number of carbonyl (C=O) groups excluding carboxylic acids is 1. The van der Waals surface area contributed by atoms with Gasteiger partial charge in [-0.1, -0.05) is 24.3 Å². The average Bonchev–Trinajstić information content (AvgIpc) is 3.23. The number of carbonyl (C=O) groups is 1. The maximum Gasteiger partial charge on any atom is 0.420 e. The maximum absolute atomic E-state index is 14.0. The predicted molar refractivity (Wildman–Crippen MR) is 215 cm³/mol. The van der Waals surface area contributed by atoms with E-state index in [-0.39, 0.29) is 40.7 Å². The quantitative estimate of drug-likeness (QED) is 0.0590. The Bertz CT molecular complexity index is 2580. The molecule has 1 aliphatic rings. The molecule has 0 amide bonds. The molecule has 0 bridgehead atoms. The van der Waals surface area contributed by atoms with Crippen LogP contribution < -0.4 is 18.1 Å². The Balaban J connectivity index is 0.000000289. The van der Waals surface area contributed by atoms with Crippen LogP contribution in [0.5, 0.6) is 11.5 Å². The summed E-state index contributed by atoms with van der Waals surface area (Å²) < 4.78 is 214. The fourth-order valence-electron chi connectivity index (χ4n) is 6.19. The summed E-state index contributed by atoms with van der Waals surface area (Å²) in [5, 5.41) is 10.7. The highest BCUT2D eigenvalue weighted by Crippen LogP contribution is 2.48. The van der Waals surface area contributed by atoms with Crippen molar-refractivity contribution in [3.05, 3.63) is 107 Å². The van der Waals surface area contributed by atoms with Crippen molar-refractivity contribution in [1.29, 1.82) is 0 Å². The number of fused-ring (bicyclic) bond motifs is 1. The van der Waals surface area contributed by atoms with E-state index in [9.17, 15) is 70.6 Å². The molecule has 0 saturated carbocycles. The van der Waals surface area contributed by atoms with Gasteiger partial charge in [0.2, 0.25) is 10.0 Å². The lowest BCUT2D eigenvalue weighted by molar-refractivity contribution is -0.140. The Morgan fingerprint density at radius 3 is 1.88 bits per heavy atom. The van der Waals surface area contributed by atoms with Gasteiger partial charge in [-0.25, -0.2) is 44.2 Å². The first kappa shape index (κ1) is 52.7. The number of nitrogens with zero attached hydrogens (tertiary/aromatic N) is 4. The molecule has 0 fully saturated rings. The number of pyridine rings is 2. The number of esters is 1. The van der Waals surface area contributed by atoms with E-state index in [4.69, 9.17) is 18.9 Å². The Hall–Kier alpha value is -5.93. The van der Waals surface area contributed by atoms with Gasteiger partial charge in [-0.15, -0.1) is 0 Å². The lowest BCUT2D eigenvalue weighted by atomic mass is 10.0. The van der Waals surface area contributed by atoms with Crippen LogP contribution in [0.15, 0.2) is 73.1 Å². The minimum absolute atomic E-state index is 0.0285. The molecular formula is C39H38F10N4O11S2. The third kappa shape index (κ3) is 12.5. The van der Waals surface area contributed by atoms with E-state index in [1.54, 1.807) is 0 Å². The molecule has 1 N–H and O–H groups in total. The summed E-state index contributed by atoms with van der Waals surface area (Å²) >= 11 is 0. The van der Waals surface area contributed by atoms with E-state index in [0.717, 1.165) is 68.0 Å². The zero-order valence-electron chi connectivity index (χ0n) is 34.4. The second kappa shape index (κ2) is 22.0. The van der Waals surface area contributed by atoms with Crippen LogP contribution in [0.3, 0.4) is 0 Å². The number of alkyl halides is 10. The van der Waals surface area contributed by atoms with Crippen molar-refractivity contribution in [2.24, 2.45) is 0 Å². The Morgan fingerprint density at radius 2 is 1.33 bits per heavy atom. The number of benzene rings is 2. The van der Waals surface area contributed by atoms with Crippen LogP contribution >= 0.6 is 0 Å². The van der Waals surface area contributed by atoms with Gasteiger partial charge in [-0.05, 0) is 42.0 Å². The summed E-state index contributed by atoms with van der Waals surface area (Å²) in [6.45, 7) is -3.37. The molecular weight excluding hydrogens is 955 g/mol. The van der Waals surface area contributed by atoms with Crippen LogP contribution in [0.25, 0.3) is 10.7 Å². The fourth-order valence-corrected chi connectivity index (χ4v) is 9.49. The highest BCUT2D eigenvalue weighted by Gasteiger charge is 2.46. The number of anilines is 2. The number of rotatable bonds is 18. The van der Waals surface area contributed by atoms with Gasteiger partial charge < -0.3 is 28.8 Å². The second-order valence-corrected chi connectivity index (χ2v) is 16.9. The van der Waals surface area contributed by atoms with Crippen molar-refractivity contribution in [3.63, 3.8) is 0 Å². The third-order valence-electron chi connectivity index (χ3n) is 8.80. The molecule has 4 aromatic rings. The van der Waals surface area contributed by atoms with Gasteiger partial charge in [-0.2, -0.15) is 26.3 Å². The van der Waals surface area contributed by atoms with E-state index in [1.807, 2.05) is 0 Å². The van der Waals surface area contributed by atoms with Crippen LogP contribution in [0.1, 0.15) is 38.4 Å². The summed E-state index contributed by atoms with van der Waals surface area (Å²) in [5.41, 5.74) is -6.53. The van der Waals surface area contributed by atoms with Crippen LogP contribution in [0.4, 0.5) is 55.3 Å². The fraction of sp³-hybridized carbons (Fsp3) is 0.359. The van der Waals surface area contributed by atoms with Crippen molar-refractivity contribution in [1.82, 2.24) is 9.97 Å². The topological polar surface area (TPSA) is 184 Å². The molecule has 0 aliphatic carbocycles. The first-order valence-corrected chi connectivity index (χ1v) is 21.6. The SMILES string of the molecule is COCCOc1cccc(C2=C(O)c3ncccc3N(CC(F)F)S2(=O)=O)c1C(F)(F)F.COCCOc1cccc(CS(=O)(=O)N(CC(F)F)c2cccnc2C(=O)OC)c1C(F)(F)F. The molecule has 2 aromatic heterocycles. The number of methoxy groups -OCH3 is 3. The largest absolute Gasteiger partial charge is 0.504 e. The molecule has 0 radical (unpaired) electrons. The van der Waals surface area contributed by atoms with E-state index in [0.29, 0.717) is 0 Å². The molecule has 2 aromatic carbocycles. The molecule has 0 unspecified atom stereocenters. The monoisotopic (exact) mass is 992 g/mol. The summed E-state index contributed by atoms with van der Waals surface area (Å²) in [4.78, 5) is 18.3. The minimum Gasteiger partial charge on any atom is -0.504 e. The van der Waals surface area contributed by atoms with Crippen molar-refractivity contribution >= 4 is 48.1 Å². The number of sulfonamides is 2. The van der Waals surface area contributed by atoms with Crippen LogP contribution in [0.2, 0.25) is 0 Å². The molecule has 0 spiro atoms. The normalized spacial score (nSPS) is 13.8. The van der Waals surface area contributed by atoms with Gasteiger partial charge in [0.15, 0.2) is 11.5 Å². The number of hydrogen-bond donors (Lipinski definition) is 1. The molecule has 0 atom stereocenters. The molecule has 362 valence electrons. The highest BCUT2D eigenvalue weighted by atomic mass is 32.2. The lowest BCUT2D eigenvalue weighted by Crippen LogP contribution is -2.39. The summed E-state index contributed by atoms with van der Waals surface area (Å²) in [6.07, 6.45) is -14.3. The molecule has 66 heavy (non-hydrogen) atoms. The number of hydrogen-bond acceptors (Lipinski definition) is 13. The number of aliphatic hydroxyl groups excluding tert-OH is 1. The van der Waals surface area contributed by atoms with Crippen LogP contribution in [-0.2, 0) is 52.4 Å². The van der Waals surface area contributed by atoms with Gasteiger partial charge in [-0.3, -0.25) is 13.6 Å². The molecule has 1 aliphatic heterocycles. The number of ether oxygens (including phenoxy) is 5. The molecule has 27 heteroatoms. The molecule has 5 rings (SSSR count). The first-order valence-electron chi connectivity index (χ1n) is 18.6. The average molecular weight is 993 g/mol. The van der Waals surface area contributed by atoms with Crippen LogP contribution in [0, 0.1) is 0 Å². The first-order chi connectivity index (χ1) is 30.9. The lowest BCUT2D eigenvalue weighted by Gasteiger charge is -2.32. The predicted octanol–water partition coefficient (Wildman–Crippen LogP) is 7.44. The van der Waals surface area contributed by atoms with Gasteiger partial charge in [0.05, 0.1) is 50.5 Å². The van der Waals surface area contributed by atoms with E-state index in [1.165, 1.54) is 26.4 Å². The smallest absolute Gasteiger partial charge is 0.420 e. The zero-order chi connectivity index (χ0) is 49.2. The minimum atomic E-state index is -5.11. The summed E-state index contributed by atoms with van der Waals surface area (Å²) in [6, 6.07) is 10.5. The Kier molecular flexibility index (Phi) is 17.6. The second-order valence-electron chi connectivity index (χ2n) is 13.2. The molecule has 0 saturated heterocycles. The maximum atomic E-state index is 14.0. The number of aromatic nitrogens is 2. The van der Waals surface area contributed by atoms with E-state index < -0.39 is 132 Å². The van der Waals surface area contributed by atoms with Gasteiger partial charge >= 0.3 is 18.3 Å². The van der Waals surface area contributed by atoms with Crippen molar-refractivity contribution < 1.29 is 94.3 Å². The van der Waals surface area contributed by atoms with Gasteiger partial charge in [0.25, 0.3) is 22.9 Å². The standard InChI is InChI=1S/C20H21F5N2O6S.C19H17F5N2O5S/c1-31-9-10-33-15-7-3-5-13(17(15)20(23,24)25)12-34(29,30)27(11-16(21)22)14-6-4-8-26-18(14)19(28)32-2;1-30-8-9-31-13-6-2-4-11(15(13)19(22,23)24)18-17(27)16-12(5-3-7-25-16)26(10-14(20)21)32(18,28)29/h3-8,16H,9-12H2,1-2H3;2-7,14,27H,8-10H2,1H3. The molecule has 3 heterocycles.